The van der Waals surface area contributed by atoms with E-state index in [9.17, 15) is 9.18 Å². The van der Waals surface area contributed by atoms with E-state index in [1.165, 1.54) is 18.2 Å². The van der Waals surface area contributed by atoms with Crippen LogP contribution >= 0.6 is 0 Å². The van der Waals surface area contributed by atoms with E-state index < -0.39 is 11.7 Å². The summed E-state index contributed by atoms with van der Waals surface area (Å²) in [5, 5.41) is 13.8. The van der Waals surface area contributed by atoms with Crippen molar-refractivity contribution in [3.63, 3.8) is 0 Å². The van der Waals surface area contributed by atoms with Gasteiger partial charge in [-0.05, 0) is 42.8 Å². The molecule has 25 heavy (non-hydrogen) atoms. The number of halogens is 1. The molecule has 0 bridgehead atoms. The number of rotatable bonds is 5. The predicted molar refractivity (Wildman–Crippen MR) is 94.9 cm³/mol. The summed E-state index contributed by atoms with van der Waals surface area (Å²) in [5.74, 6) is -0.294. The van der Waals surface area contributed by atoms with Crippen molar-refractivity contribution in [3.05, 3.63) is 83.8 Å². The number of anilines is 2. The average Bonchev–Trinajstić information content (AvgIpc) is 2.63. The Morgan fingerprint density at radius 1 is 1.00 bits per heavy atom. The molecular weight excluding hydrogens is 319 g/mol. The minimum Gasteiger partial charge on any atom is -0.362 e. The van der Waals surface area contributed by atoms with Gasteiger partial charge in [-0.2, -0.15) is 0 Å². The zero-order valence-electron chi connectivity index (χ0n) is 13.6. The molecule has 1 unspecified atom stereocenters. The van der Waals surface area contributed by atoms with Crippen molar-refractivity contribution >= 4 is 17.4 Å². The summed E-state index contributed by atoms with van der Waals surface area (Å²) in [6.45, 7) is 2.02. The third-order valence-electron chi connectivity index (χ3n) is 3.64. The first-order valence-corrected chi connectivity index (χ1v) is 7.84. The molecule has 3 aromatic rings. The smallest absolute Gasteiger partial charge is 0.276 e. The molecule has 1 amide bonds. The van der Waals surface area contributed by atoms with Gasteiger partial charge in [0.2, 0.25) is 0 Å². The summed E-state index contributed by atoms with van der Waals surface area (Å²) in [6.07, 6.45) is 0. The molecule has 126 valence electrons. The molecule has 3 rings (SSSR count). The summed E-state index contributed by atoms with van der Waals surface area (Å²) < 4.78 is 13.1. The topological polar surface area (TPSA) is 66.9 Å². The second-order valence-electron chi connectivity index (χ2n) is 5.54. The van der Waals surface area contributed by atoms with Gasteiger partial charge in [-0.15, -0.1) is 10.2 Å². The van der Waals surface area contributed by atoms with Crippen LogP contribution in [-0.4, -0.2) is 16.1 Å². The summed E-state index contributed by atoms with van der Waals surface area (Å²) >= 11 is 0. The van der Waals surface area contributed by atoms with Crippen LogP contribution in [0.4, 0.5) is 15.9 Å². The van der Waals surface area contributed by atoms with Gasteiger partial charge in [0.05, 0.1) is 0 Å². The highest BCUT2D eigenvalue weighted by Crippen LogP contribution is 2.17. The van der Waals surface area contributed by atoms with Crippen molar-refractivity contribution in [1.29, 1.82) is 0 Å². The van der Waals surface area contributed by atoms with Gasteiger partial charge >= 0.3 is 0 Å². The van der Waals surface area contributed by atoms with Crippen molar-refractivity contribution in [2.75, 3.05) is 10.6 Å². The van der Waals surface area contributed by atoms with Gasteiger partial charge in [-0.3, -0.25) is 4.79 Å². The highest BCUT2D eigenvalue weighted by atomic mass is 19.1. The van der Waals surface area contributed by atoms with Crippen LogP contribution in [0.2, 0.25) is 0 Å². The molecule has 0 saturated heterocycles. The Labute approximate surface area is 144 Å². The fourth-order valence-electron chi connectivity index (χ4n) is 2.34. The Morgan fingerprint density at radius 3 is 2.48 bits per heavy atom. The SMILES string of the molecule is CC(Nc1ccc(C(=O)Nc2cccc(F)c2)nn1)c1ccccc1. The Kier molecular flexibility index (Phi) is 4.99. The summed E-state index contributed by atoms with van der Waals surface area (Å²) in [7, 11) is 0. The van der Waals surface area contributed by atoms with E-state index in [1.54, 1.807) is 18.2 Å². The van der Waals surface area contributed by atoms with E-state index in [0.717, 1.165) is 5.56 Å². The number of carbonyl (C=O) groups excluding carboxylic acids is 1. The van der Waals surface area contributed by atoms with E-state index in [4.69, 9.17) is 0 Å². The second kappa shape index (κ2) is 7.53. The summed E-state index contributed by atoms with van der Waals surface area (Å²) in [4.78, 5) is 12.1. The predicted octanol–water partition coefficient (Wildman–Crippen LogP) is 4.04. The molecule has 0 aliphatic heterocycles. The van der Waals surface area contributed by atoms with Crippen molar-refractivity contribution in [2.24, 2.45) is 0 Å². The lowest BCUT2D eigenvalue weighted by Gasteiger charge is -2.14. The number of carbonyl (C=O) groups is 1. The molecule has 0 spiro atoms. The van der Waals surface area contributed by atoms with Crippen LogP contribution in [0.3, 0.4) is 0 Å². The molecule has 0 radical (unpaired) electrons. The molecule has 0 aliphatic carbocycles. The number of hydrogen-bond acceptors (Lipinski definition) is 4. The van der Waals surface area contributed by atoms with Crippen LogP contribution in [0, 0.1) is 5.82 Å². The van der Waals surface area contributed by atoms with E-state index in [1.807, 2.05) is 37.3 Å². The number of nitrogens with zero attached hydrogens (tertiary/aromatic N) is 2. The van der Waals surface area contributed by atoms with E-state index in [2.05, 4.69) is 20.8 Å². The van der Waals surface area contributed by atoms with Crippen LogP contribution in [0.15, 0.2) is 66.7 Å². The van der Waals surface area contributed by atoms with Gasteiger partial charge in [0, 0.05) is 11.7 Å². The van der Waals surface area contributed by atoms with Gasteiger partial charge in [-0.25, -0.2) is 4.39 Å². The standard InChI is InChI=1S/C19H17FN4O/c1-13(14-6-3-2-4-7-14)21-18-11-10-17(23-24-18)19(25)22-16-9-5-8-15(20)12-16/h2-13H,1H3,(H,21,24)(H,22,25). The zero-order valence-corrected chi connectivity index (χ0v) is 13.6. The molecule has 2 N–H and O–H groups in total. The molecule has 2 aromatic carbocycles. The van der Waals surface area contributed by atoms with Gasteiger partial charge in [0.15, 0.2) is 5.69 Å². The Bertz CT molecular complexity index is 853. The number of nitrogens with one attached hydrogen (secondary N) is 2. The first kappa shape index (κ1) is 16.6. The zero-order chi connectivity index (χ0) is 17.6. The Morgan fingerprint density at radius 2 is 1.80 bits per heavy atom. The maximum atomic E-state index is 13.1. The second-order valence-corrected chi connectivity index (χ2v) is 5.54. The normalized spacial score (nSPS) is 11.6. The largest absolute Gasteiger partial charge is 0.362 e. The summed E-state index contributed by atoms with van der Waals surface area (Å²) in [5.41, 5.74) is 1.64. The highest BCUT2D eigenvalue weighted by molar-refractivity contribution is 6.02. The van der Waals surface area contributed by atoms with Crippen molar-refractivity contribution in [3.8, 4) is 0 Å². The third-order valence-corrected chi connectivity index (χ3v) is 3.64. The Hall–Kier alpha value is -3.28. The van der Waals surface area contributed by atoms with Crippen LogP contribution < -0.4 is 10.6 Å². The van der Waals surface area contributed by atoms with E-state index in [-0.39, 0.29) is 11.7 Å². The molecule has 5 nitrogen and oxygen atoms in total. The number of hydrogen-bond donors (Lipinski definition) is 2. The van der Waals surface area contributed by atoms with E-state index in [0.29, 0.717) is 11.5 Å². The quantitative estimate of drug-likeness (QED) is 0.738. The first-order valence-electron chi connectivity index (χ1n) is 7.84. The molecule has 0 saturated carbocycles. The van der Waals surface area contributed by atoms with Gasteiger partial charge in [0.1, 0.15) is 11.6 Å². The molecule has 1 heterocycles. The number of amides is 1. The minimum absolute atomic E-state index is 0.0578. The third kappa shape index (κ3) is 4.38. The van der Waals surface area contributed by atoms with E-state index >= 15 is 0 Å². The lowest BCUT2D eigenvalue weighted by atomic mass is 10.1. The maximum Gasteiger partial charge on any atom is 0.276 e. The lowest BCUT2D eigenvalue weighted by molar-refractivity contribution is 0.102. The maximum absolute atomic E-state index is 13.1. The van der Waals surface area contributed by atoms with Gasteiger partial charge in [0.25, 0.3) is 5.91 Å². The highest BCUT2D eigenvalue weighted by Gasteiger charge is 2.10. The first-order chi connectivity index (χ1) is 12.1. The van der Waals surface area contributed by atoms with Crippen molar-refractivity contribution in [1.82, 2.24) is 10.2 Å². The molecule has 1 aromatic heterocycles. The molecule has 0 aliphatic rings. The fraction of sp³-hybridized carbons (Fsp3) is 0.105. The van der Waals surface area contributed by atoms with Crippen LogP contribution in [0.1, 0.15) is 29.0 Å². The lowest BCUT2D eigenvalue weighted by Crippen LogP contribution is -2.15. The van der Waals surface area contributed by atoms with Crippen LogP contribution in [-0.2, 0) is 0 Å². The Balaban J connectivity index is 1.64. The molecule has 1 atom stereocenters. The molecular formula is C19H17FN4O. The number of aromatic nitrogens is 2. The number of benzene rings is 2. The van der Waals surface area contributed by atoms with Crippen LogP contribution in [0.25, 0.3) is 0 Å². The van der Waals surface area contributed by atoms with Crippen molar-refractivity contribution < 1.29 is 9.18 Å². The average molecular weight is 336 g/mol. The summed E-state index contributed by atoms with van der Waals surface area (Å²) in [6, 6.07) is 18.9. The molecule has 0 fully saturated rings. The van der Waals surface area contributed by atoms with Gasteiger partial charge in [-0.1, -0.05) is 36.4 Å². The molecule has 6 heteroatoms. The minimum atomic E-state index is -0.444. The fourth-order valence-corrected chi connectivity index (χ4v) is 2.34. The van der Waals surface area contributed by atoms with Gasteiger partial charge < -0.3 is 10.6 Å². The monoisotopic (exact) mass is 336 g/mol. The van der Waals surface area contributed by atoms with Crippen LogP contribution in [0.5, 0.6) is 0 Å². The van der Waals surface area contributed by atoms with Crippen molar-refractivity contribution in [2.45, 2.75) is 13.0 Å².